The van der Waals surface area contributed by atoms with Gasteiger partial charge in [-0.25, -0.2) is 16.8 Å². The maximum Gasteiger partial charge on any atom is 0.322 e. The number of aliphatic carboxylic acids is 1. The summed E-state index contributed by atoms with van der Waals surface area (Å²) in [5, 5.41) is 10.9. The van der Waals surface area contributed by atoms with Crippen LogP contribution >= 0.6 is 11.3 Å². The summed E-state index contributed by atoms with van der Waals surface area (Å²) in [6, 6.07) is 14.6. The van der Waals surface area contributed by atoms with Gasteiger partial charge in [0.05, 0.1) is 4.90 Å². The number of anilines is 1. The molecule has 0 aliphatic rings. The SMILES string of the molecule is CC(C)C(NS(=O)(=O)c1ccc(-c2ccc(NS(=O)(=O)c3cccs3)cc2)cc1)C(=O)O. The first-order valence-electron chi connectivity index (χ1n) is 9.51. The molecule has 3 N–H and O–H groups in total. The summed E-state index contributed by atoms with van der Waals surface area (Å²) in [5.74, 6) is -1.66. The van der Waals surface area contributed by atoms with Crippen LogP contribution in [-0.2, 0) is 24.8 Å². The van der Waals surface area contributed by atoms with E-state index >= 15 is 0 Å². The van der Waals surface area contributed by atoms with Crippen LogP contribution in [0, 0.1) is 5.92 Å². The highest BCUT2D eigenvalue weighted by Gasteiger charge is 2.28. The van der Waals surface area contributed by atoms with Gasteiger partial charge in [0.15, 0.2) is 0 Å². The van der Waals surface area contributed by atoms with Crippen LogP contribution in [0.4, 0.5) is 5.69 Å². The number of carboxylic acids is 1. The molecule has 0 radical (unpaired) electrons. The zero-order valence-electron chi connectivity index (χ0n) is 17.2. The minimum atomic E-state index is -4.00. The van der Waals surface area contributed by atoms with E-state index in [1.54, 1.807) is 61.7 Å². The zero-order valence-corrected chi connectivity index (χ0v) is 19.7. The molecular weight excluding hydrogens is 472 g/mol. The van der Waals surface area contributed by atoms with E-state index in [9.17, 15) is 26.7 Å². The van der Waals surface area contributed by atoms with Gasteiger partial charge >= 0.3 is 5.97 Å². The predicted molar refractivity (Wildman–Crippen MR) is 124 cm³/mol. The van der Waals surface area contributed by atoms with Crippen molar-refractivity contribution in [3.63, 3.8) is 0 Å². The number of hydrogen-bond donors (Lipinski definition) is 3. The summed E-state index contributed by atoms with van der Waals surface area (Å²) in [6.45, 7) is 3.24. The largest absolute Gasteiger partial charge is 0.480 e. The molecule has 0 spiro atoms. The standard InChI is InChI=1S/C21H22N2O6S3/c1-14(2)20(21(24)25)23-31(26,27)18-11-7-16(8-12-18)15-5-9-17(10-6-15)22-32(28,29)19-4-3-13-30-19/h3-14,20,22-23H,1-2H3,(H,24,25). The van der Waals surface area contributed by atoms with Crippen molar-refractivity contribution in [1.82, 2.24) is 4.72 Å². The molecule has 1 unspecified atom stereocenters. The van der Waals surface area contributed by atoms with Crippen molar-refractivity contribution in [2.24, 2.45) is 5.92 Å². The van der Waals surface area contributed by atoms with Crippen molar-refractivity contribution in [2.45, 2.75) is 29.0 Å². The number of carbonyl (C=O) groups is 1. The number of benzene rings is 2. The Morgan fingerprint density at radius 3 is 1.91 bits per heavy atom. The van der Waals surface area contributed by atoms with Crippen molar-refractivity contribution in [3.05, 3.63) is 66.0 Å². The van der Waals surface area contributed by atoms with Gasteiger partial charge < -0.3 is 5.11 Å². The molecule has 0 aliphatic heterocycles. The third kappa shape index (κ3) is 5.54. The minimum Gasteiger partial charge on any atom is -0.480 e. The summed E-state index contributed by atoms with van der Waals surface area (Å²) in [6.07, 6.45) is 0. The van der Waals surface area contributed by atoms with Crippen LogP contribution in [0.15, 0.2) is 75.1 Å². The van der Waals surface area contributed by atoms with E-state index in [-0.39, 0.29) is 9.10 Å². The van der Waals surface area contributed by atoms with Crippen molar-refractivity contribution >= 4 is 43.0 Å². The second kappa shape index (κ2) is 9.41. The summed E-state index contributed by atoms with van der Waals surface area (Å²) >= 11 is 1.12. The van der Waals surface area contributed by atoms with Gasteiger partial charge in [0.2, 0.25) is 10.0 Å². The molecule has 0 fully saturated rings. The van der Waals surface area contributed by atoms with Gasteiger partial charge in [0, 0.05) is 5.69 Å². The number of sulfonamides is 2. The van der Waals surface area contributed by atoms with E-state index in [0.29, 0.717) is 5.69 Å². The summed E-state index contributed by atoms with van der Waals surface area (Å²) in [4.78, 5) is 11.3. The lowest BCUT2D eigenvalue weighted by molar-refractivity contribution is -0.140. The van der Waals surface area contributed by atoms with E-state index in [2.05, 4.69) is 9.44 Å². The molecule has 3 rings (SSSR count). The molecule has 2 aromatic carbocycles. The van der Waals surface area contributed by atoms with E-state index in [1.165, 1.54) is 18.2 Å². The van der Waals surface area contributed by atoms with Crippen LogP contribution in [0.5, 0.6) is 0 Å². The highest BCUT2D eigenvalue weighted by atomic mass is 32.2. The molecule has 1 heterocycles. The number of rotatable bonds is 9. The lowest BCUT2D eigenvalue weighted by atomic mass is 10.1. The first-order valence-corrected chi connectivity index (χ1v) is 13.4. The Labute approximate surface area is 191 Å². The third-order valence-electron chi connectivity index (χ3n) is 4.61. The van der Waals surface area contributed by atoms with E-state index in [4.69, 9.17) is 0 Å². The first-order chi connectivity index (χ1) is 15.0. The molecule has 170 valence electrons. The molecule has 1 atom stereocenters. The van der Waals surface area contributed by atoms with Crippen molar-refractivity contribution in [1.29, 1.82) is 0 Å². The smallest absolute Gasteiger partial charge is 0.322 e. The number of carboxylic acid groups (broad SMARTS) is 1. The second-order valence-corrected chi connectivity index (χ2v) is 11.9. The van der Waals surface area contributed by atoms with Crippen molar-refractivity contribution < 1.29 is 26.7 Å². The maximum absolute atomic E-state index is 12.5. The quantitative estimate of drug-likeness (QED) is 0.417. The number of nitrogens with one attached hydrogen (secondary N) is 2. The minimum absolute atomic E-state index is 0.0477. The van der Waals surface area contributed by atoms with Gasteiger partial charge in [-0.3, -0.25) is 9.52 Å². The topological polar surface area (TPSA) is 130 Å². The van der Waals surface area contributed by atoms with Gasteiger partial charge in [0.25, 0.3) is 10.0 Å². The molecule has 11 heteroatoms. The number of thiophene rings is 1. The molecule has 8 nitrogen and oxygen atoms in total. The highest BCUT2D eigenvalue weighted by molar-refractivity contribution is 7.94. The van der Waals surface area contributed by atoms with Gasteiger partial charge in [-0.2, -0.15) is 4.72 Å². The molecule has 0 aliphatic carbocycles. The fraction of sp³-hybridized carbons (Fsp3) is 0.190. The van der Waals surface area contributed by atoms with Gasteiger partial charge in [-0.1, -0.05) is 44.2 Å². The van der Waals surface area contributed by atoms with Gasteiger partial charge in [0.1, 0.15) is 10.3 Å². The summed E-state index contributed by atoms with van der Waals surface area (Å²) in [5.41, 5.74) is 1.88. The van der Waals surface area contributed by atoms with E-state index in [1.807, 2.05) is 0 Å². The monoisotopic (exact) mass is 494 g/mol. The maximum atomic E-state index is 12.5. The molecule has 0 saturated carbocycles. The molecule has 0 bridgehead atoms. The van der Waals surface area contributed by atoms with Gasteiger partial charge in [-0.15, -0.1) is 11.3 Å². The Kier molecular flexibility index (Phi) is 7.03. The lowest BCUT2D eigenvalue weighted by Crippen LogP contribution is -2.44. The summed E-state index contributed by atoms with van der Waals surface area (Å²) < 4.78 is 54.6. The molecule has 0 saturated heterocycles. The molecule has 1 aromatic heterocycles. The second-order valence-electron chi connectivity index (χ2n) is 7.32. The first kappa shape index (κ1) is 23.9. The van der Waals surface area contributed by atoms with Crippen LogP contribution in [-0.4, -0.2) is 34.0 Å². The van der Waals surface area contributed by atoms with Gasteiger partial charge in [-0.05, 0) is 52.8 Å². The van der Waals surface area contributed by atoms with E-state index < -0.39 is 38.0 Å². The molecular formula is C21H22N2O6S3. The Morgan fingerprint density at radius 2 is 1.44 bits per heavy atom. The number of hydrogen-bond acceptors (Lipinski definition) is 6. The highest BCUT2D eigenvalue weighted by Crippen LogP contribution is 2.25. The Bertz CT molecular complexity index is 1280. The van der Waals surface area contributed by atoms with Crippen LogP contribution in [0.2, 0.25) is 0 Å². The lowest BCUT2D eigenvalue weighted by Gasteiger charge is -2.18. The van der Waals surface area contributed by atoms with Crippen LogP contribution in [0.25, 0.3) is 11.1 Å². The summed E-state index contributed by atoms with van der Waals surface area (Å²) in [7, 11) is -7.64. The molecule has 0 amide bonds. The van der Waals surface area contributed by atoms with Crippen LogP contribution in [0.3, 0.4) is 0 Å². The normalized spacial score (nSPS) is 13.1. The average molecular weight is 495 g/mol. The molecule has 32 heavy (non-hydrogen) atoms. The van der Waals surface area contributed by atoms with Crippen LogP contribution in [0.1, 0.15) is 13.8 Å². The Morgan fingerprint density at radius 1 is 0.875 bits per heavy atom. The third-order valence-corrected chi connectivity index (χ3v) is 8.85. The fourth-order valence-corrected chi connectivity index (χ4v) is 6.28. The average Bonchev–Trinajstić information content (AvgIpc) is 3.28. The predicted octanol–water partition coefficient (Wildman–Crippen LogP) is 3.60. The van der Waals surface area contributed by atoms with E-state index in [0.717, 1.165) is 22.5 Å². The molecule has 3 aromatic rings. The van der Waals surface area contributed by atoms with Crippen molar-refractivity contribution in [2.75, 3.05) is 4.72 Å². The van der Waals surface area contributed by atoms with Crippen molar-refractivity contribution in [3.8, 4) is 11.1 Å². The Balaban J connectivity index is 1.75. The zero-order chi connectivity index (χ0) is 23.5. The fourth-order valence-electron chi connectivity index (χ4n) is 2.89. The van der Waals surface area contributed by atoms with Crippen LogP contribution < -0.4 is 9.44 Å². The Hall–Kier alpha value is -2.73.